The maximum Gasteiger partial charge on any atom is 0.191 e. The molecule has 0 aliphatic carbocycles. The summed E-state index contributed by atoms with van der Waals surface area (Å²) < 4.78 is 10.6. The summed E-state index contributed by atoms with van der Waals surface area (Å²) >= 11 is 0. The highest BCUT2D eigenvalue weighted by Gasteiger charge is 2.05. The highest BCUT2D eigenvalue weighted by molar-refractivity contribution is 14.0. The van der Waals surface area contributed by atoms with Crippen LogP contribution in [0.1, 0.15) is 39.2 Å². The number of guanidine groups is 1. The molecule has 0 aliphatic rings. The second-order valence-electron chi connectivity index (χ2n) is 5.75. The SMILES string of the molecule is CCNC(=NCc1cccc(OCCOC)c1)NCC(CC)CC.I. The summed E-state index contributed by atoms with van der Waals surface area (Å²) in [6, 6.07) is 8.05. The number of ether oxygens (including phenoxy) is 2. The van der Waals surface area contributed by atoms with Gasteiger partial charge in [-0.2, -0.15) is 0 Å². The molecule has 0 saturated heterocycles. The lowest BCUT2D eigenvalue weighted by molar-refractivity contribution is 0.146. The second-order valence-corrected chi connectivity index (χ2v) is 5.75. The summed E-state index contributed by atoms with van der Waals surface area (Å²) in [5.74, 6) is 2.41. The van der Waals surface area contributed by atoms with Crippen LogP contribution >= 0.6 is 24.0 Å². The van der Waals surface area contributed by atoms with E-state index in [-0.39, 0.29) is 24.0 Å². The Hall–Kier alpha value is -1.02. The lowest BCUT2D eigenvalue weighted by Crippen LogP contribution is -2.39. The number of hydrogen-bond acceptors (Lipinski definition) is 3. The monoisotopic (exact) mass is 463 g/mol. The highest BCUT2D eigenvalue weighted by Crippen LogP contribution is 2.14. The molecule has 0 aliphatic heterocycles. The smallest absolute Gasteiger partial charge is 0.191 e. The molecule has 0 heterocycles. The van der Waals surface area contributed by atoms with Crippen LogP contribution in [0, 0.1) is 5.92 Å². The number of rotatable bonds is 11. The maximum atomic E-state index is 5.64. The molecule has 2 N–H and O–H groups in total. The molecule has 6 heteroatoms. The van der Waals surface area contributed by atoms with Gasteiger partial charge < -0.3 is 20.1 Å². The molecule has 1 aromatic rings. The van der Waals surface area contributed by atoms with Crippen molar-refractivity contribution in [2.24, 2.45) is 10.9 Å². The molecule has 1 rings (SSSR count). The van der Waals surface area contributed by atoms with Gasteiger partial charge in [0, 0.05) is 20.2 Å². The minimum absolute atomic E-state index is 0. The van der Waals surface area contributed by atoms with Crippen LogP contribution in [0.3, 0.4) is 0 Å². The third-order valence-corrected chi connectivity index (χ3v) is 3.93. The molecule has 0 unspecified atom stereocenters. The van der Waals surface area contributed by atoms with E-state index in [0.717, 1.165) is 30.4 Å². The van der Waals surface area contributed by atoms with Crippen LogP contribution in [0.2, 0.25) is 0 Å². The molecule has 0 spiro atoms. The predicted octanol–water partition coefficient (Wildman–Crippen LogP) is 3.82. The van der Waals surface area contributed by atoms with Crippen molar-refractivity contribution in [3.63, 3.8) is 0 Å². The lowest BCUT2D eigenvalue weighted by Gasteiger charge is -2.16. The first-order chi connectivity index (χ1) is 11.7. The number of hydrogen-bond donors (Lipinski definition) is 2. The van der Waals surface area contributed by atoms with E-state index in [4.69, 9.17) is 9.47 Å². The molecule has 144 valence electrons. The summed E-state index contributed by atoms with van der Waals surface area (Å²) in [5.41, 5.74) is 1.13. The van der Waals surface area contributed by atoms with Gasteiger partial charge in [0.2, 0.25) is 0 Å². The van der Waals surface area contributed by atoms with E-state index in [2.05, 4.69) is 42.5 Å². The van der Waals surface area contributed by atoms with Gasteiger partial charge in [-0.25, -0.2) is 4.99 Å². The summed E-state index contributed by atoms with van der Waals surface area (Å²) in [7, 11) is 1.67. The van der Waals surface area contributed by atoms with Crippen molar-refractivity contribution < 1.29 is 9.47 Å². The van der Waals surface area contributed by atoms with Crippen molar-refractivity contribution in [2.45, 2.75) is 40.2 Å². The third kappa shape index (κ3) is 10.5. The van der Waals surface area contributed by atoms with Gasteiger partial charge in [0.15, 0.2) is 5.96 Å². The van der Waals surface area contributed by atoms with E-state index in [1.165, 1.54) is 12.8 Å². The summed E-state index contributed by atoms with van der Waals surface area (Å²) in [6.45, 7) is 10.1. The van der Waals surface area contributed by atoms with Crippen molar-refractivity contribution in [1.29, 1.82) is 0 Å². The first-order valence-electron chi connectivity index (χ1n) is 8.96. The molecule has 1 aromatic carbocycles. The van der Waals surface area contributed by atoms with Crippen molar-refractivity contribution in [3.8, 4) is 5.75 Å². The van der Waals surface area contributed by atoms with Gasteiger partial charge in [0.1, 0.15) is 12.4 Å². The Kier molecular flexibility index (Phi) is 14.6. The Morgan fingerprint density at radius 3 is 2.52 bits per heavy atom. The van der Waals surface area contributed by atoms with Crippen molar-refractivity contribution in [2.75, 3.05) is 33.4 Å². The predicted molar refractivity (Wildman–Crippen MR) is 116 cm³/mol. The van der Waals surface area contributed by atoms with Gasteiger partial charge in [-0.15, -0.1) is 24.0 Å². The molecule has 0 bridgehead atoms. The zero-order valence-corrected chi connectivity index (χ0v) is 18.3. The lowest BCUT2D eigenvalue weighted by atomic mass is 10.0. The average molecular weight is 463 g/mol. The van der Waals surface area contributed by atoms with E-state index in [0.29, 0.717) is 25.7 Å². The van der Waals surface area contributed by atoms with Gasteiger partial charge in [-0.1, -0.05) is 38.8 Å². The van der Waals surface area contributed by atoms with Crippen LogP contribution in [-0.2, 0) is 11.3 Å². The Balaban J connectivity index is 0.00000576. The Labute approximate surface area is 170 Å². The van der Waals surface area contributed by atoms with Gasteiger partial charge in [0.05, 0.1) is 13.2 Å². The second kappa shape index (κ2) is 15.3. The number of halogens is 1. The number of nitrogens with zero attached hydrogens (tertiary/aromatic N) is 1. The number of benzene rings is 1. The summed E-state index contributed by atoms with van der Waals surface area (Å²) in [5, 5.41) is 6.74. The Morgan fingerprint density at radius 2 is 1.88 bits per heavy atom. The van der Waals surface area contributed by atoms with Crippen molar-refractivity contribution >= 4 is 29.9 Å². The molecule has 25 heavy (non-hydrogen) atoms. The van der Waals surface area contributed by atoms with Crippen molar-refractivity contribution in [3.05, 3.63) is 29.8 Å². The molecular weight excluding hydrogens is 429 g/mol. The molecule has 5 nitrogen and oxygen atoms in total. The van der Waals surface area contributed by atoms with Gasteiger partial charge in [-0.05, 0) is 30.5 Å². The van der Waals surface area contributed by atoms with Crippen molar-refractivity contribution in [1.82, 2.24) is 10.6 Å². The van der Waals surface area contributed by atoms with Crippen LogP contribution in [0.25, 0.3) is 0 Å². The zero-order valence-electron chi connectivity index (χ0n) is 16.0. The van der Waals surface area contributed by atoms with E-state index < -0.39 is 0 Å². The molecule has 0 radical (unpaired) electrons. The van der Waals surface area contributed by atoms with Crippen LogP contribution in [0.15, 0.2) is 29.3 Å². The molecule has 0 atom stereocenters. The molecule has 0 saturated carbocycles. The van der Waals surface area contributed by atoms with Crippen LogP contribution < -0.4 is 15.4 Å². The number of methoxy groups -OCH3 is 1. The highest BCUT2D eigenvalue weighted by atomic mass is 127. The third-order valence-electron chi connectivity index (χ3n) is 3.93. The molecular formula is C19H34IN3O2. The van der Waals surface area contributed by atoms with E-state index in [1.807, 2.05) is 18.2 Å². The normalized spacial score (nSPS) is 11.2. The Morgan fingerprint density at radius 1 is 1.12 bits per heavy atom. The zero-order chi connectivity index (χ0) is 17.6. The van der Waals surface area contributed by atoms with E-state index in [9.17, 15) is 0 Å². The molecule has 0 aromatic heterocycles. The fraction of sp³-hybridized carbons (Fsp3) is 0.632. The maximum absolute atomic E-state index is 5.64. The Bertz CT molecular complexity index is 479. The quantitative estimate of drug-likeness (QED) is 0.227. The van der Waals surface area contributed by atoms with Gasteiger partial charge >= 0.3 is 0 Å². The minimum Gasteiger partial charge on any atom is -0.491 e. The van der Waals surface area contributed by atoms with Crippen LogP contribution in [0.4, 0.5) is 0 Å². The topological polar surface area (TPSA) is 54.9 Å². The first kappa shape index (κ1) is 24.0. The standard InChI is InChI=1S/C19H33N3O2.HI/c1-5-16(6-2)14-21-19(20-7-3)22-15-17-9-8-10-18(13-17)24-12-11-23-4;/h8-10,13,16H,5-7,11-12,14-15H2,1-4H3,(H2,20,21,22);1H. The van der Waals surface area contributed by atoms with Gasteiger partial charge in [-0.3, -0.25) is 0 Å². The van der Waals surface area contributed by atoms with Crippen LogP contribution in [0.5, 0.6) is 5.75 Å². The van der Waals surface area contributed by atoms with Crippen LogP contribution in [-0.4, -0.2) is 39.4 Å². The number of aliphatic imine (C=N–C) groups is 1. The summed E-state index contributed by atoms with van der Waals surface area (Å²) in [6.07, 6.45) is 2.37. The number of nitrogens with one attached hydrogen (secondary N) is 2. The first-order valence-corrected chi connectivity index (χ1v) is 8.96. The van der Waals surface area contributed by atoms with E-state index in [1.54, 1.807) is 7.11 Å². The van der Waals surface area contributed by atoms with Gasteiger partial charge in [0.25, 0.3) is 0 Å². The molecule has 0 fully saturated rings. The van der Waals surface area contributed by atoms with E-state index >= 15 is 0 Å². The largest absolute Gasteiger partial charge is 0.491 e. The summed E-state index contributed by atoms with van der Waals surface area (Å²) in [4.78, 5) is 4.68. The fourth-order valence-electron chi connectivity index (χ4n) is 2.31. The fourth-order valence-corrected chi connectivity index (χ4v) is 2.31. The minimum atomic E-state index is 0. The molecule has 0 amide bonds. The average Bonchev–Trinajstić information content (AvgIpc) is 2.61.